The third-order valence-corrected chi connectivity index (χ3v) is 4.32. The van der Waals surface area contributed by atoms with E-state index in [1.54, 1.807) is 20.8 Å². The standard InChI is InChI=1S/C12H20O5/c1-11(2)8(9(14)17-7-6-13)4-5-12(11,3)10(15)16/h8,13H,4-7H2,1-3H3,(H,15,16). The molecule has 0 spiro atoms. The normalized spacial score (nSPS) is 31.2. The lowest BCUT2D eigenvalue weighted by atomic mass is 9.66. The molecule has 2 atom stereocenters. The van der Waals surface area contributed by atoms with Crippen LogP contribution in [-0.4, -0.2) is 35.4 Å². The molecule has 0 amide bonds. The van der Waals surface area contributed by atoms with Gasteiger partial charge in [-0.15, -0.1) is 0 Å². The number of aliphatic hydroxyl groups is 1. The first-order chi connectivity index (χ1) is 7.77. The van der Waals surface area contributed by atoms with Crippen LogP contribution < -0.4 is 0 Å². The van der Waals surface area contributed by atoms with Gasteiger partial charge in [-0.25, -0.2) is 0 Å². The van der Waals surface area contributed by atoms with Gasteiger partial charge in [0.2, 0.25) is 0 Å². The van der Waals surface area contributed by atoms with Gasteiger partial charge in [0.05, 0.1) is 17.9 Å². The molecular formula is C12H20O5. The van der Waals surface area contributed by atoms with Crippen LogP contribution in [0.1, 0.15) is 33.6 Å². The van der Waals surface area contributed by atoms with Crippen molar-refractivity contribution in [2.45, 2.75) is 33.6 Å². The van der Waals surface area contributed by atoms with Gasteiger partial charge >= 0.3 is 11.9 Å². The van der Waals surface area contributed by atoms with Crippen LogP contribution in [0.25, 0.3) is 0 Å². The Morgan fingerprint density at radius 2 is 1.94 bits per heavy atom. The van der Waals surface area contributed by atoms with E-state index in [4.69, 9.17) is 9.84 Å². The Kier molecular flexibility index (Phi) is 3.81. The zero-order chi connectivity index (χ0) is 13.3. The van der Waals surface area contributed by atoms with E-state index in [0.29, 0.717) is 12.8 Å². The molecule has 0 radical (unpaired) electrons. The number of rotatable bonds is 4. The molecule has 0 aromatic rings. The molecular weight excluding hydrogens is 224 g/mol. The molecule has 1 aliphatic rings. The predicted molar refractivity (Wildman–Crippen MR) is 60.3 cm³/mol. The van der Waals surface area contributed by atoms with Gasteiger partial charge in [0.15, 0.2) is 0 Å². The monoisotopic (exact) mass is 244 g/mol. The summed E-state index contributed by atoms with van der Waals surface area (Å²) < 4.78 is 4.90. The SMILES string of the molecule is CC1(C(=O)O)CCC(C(=O)OCCO)C1(C)C. The maximum Gasteiger partial charge on any atom is 0.309 e. The highest BCUT2D eigenvalue weighted by Gasteiger charge is 2.58. The fourth-order valence-electron chi connectivity index (χ4n) is 2.54. The second kappa shape index (κ2) is 4.64. The summed E-state index contributed by atoms with van der Waals surface area (Å²) in [5.74, 6) is -1.70. The van der Waals surface area contributed by atoms with E-state index in [1.165, 1.54) is 0 Å². The number of carbonyl (C=O) groups excluding carboxylic acids is 1. The van der Waals surface area contributed by atoms with Gasteiger partial charge in [-0.05, 0) is 25.2 Å². The number of carboxylic acid groups (broad SMARTS) is 1. The molecule has 1 saturated carbocycles. The Hall–Kier alpha value is -1.10. The van der Waals surface area contributed by atoms with Crippen LogP contribution in [0, 0.1) is 16.7 Å². The van der Waals surface area contributed by atoms with Crippen LogP contribution >= 0.6 is 0 Å². The number of hydrogen-bond donors (Lipinski definition) is 2. The third kappa shape index (κ3) is 2.16. The number of carbonyl (C=O) groups is 2. The average Bonchev–Trinajstić information content (AvgIpc) is 2.48. The summed E-state index contributed by atoms with van der Waals surface area (Å²) >= 11 is 0. The molecule has 1 fully saturated rings. The molecule has 5 heteroatoms. The number of aliphatic carboxylic acids is 1. The van der Waals surface area contributed by atoms with E-state index in [9.17, 15) is 14.7 Å². The molecule has 2 N–H and O–H groups in total. The van der Waals surface area contributed by atoms with Crippen molar-refractivity contribution in [3.63, 3.8) is 0 Å². The molecule has 0 saturated heterocycles. The smallest absolute Gasteiger partial charge is 0.309 e. The molecule has 0 bridgehead atoms. The van der Waals surface area contributed by atoms with E-state index in [2.05, 4.69) is 0 Å². The molecule has 2 unspecified atom stereocenters. The second-order valence-electron chi connectivity index (χ2n) is 5.34. The predicted octanol–water partition coefficient (Wildman–Crippen LogP) is 1.05. The van der Waals surface area contributed by atoms with Gasteiger partial charge in [0.1, 0.15) is 6.61 Å². The minimum Gasteiger partial charge on any atom is -0.481 e. The Bertz CT molecular complexity index is 323. The minimum absolute atomic E-state index is 0.0325. The highest BCUT2D eigenvalue weighted by atomic mass is 16.5. The first-order valence-corrected chi connectivity index (χ1v) is 5.78. The zero-order valence-corrected chi connectivity index (χ0v) is 10.5. The second-order valence-corrected chi connectivity index (χ2v) is 5.34. The Labute approximate surface area is 101 Å². The Morgan fingerprint density at radius 1 is 1.35 bits per heavy atom. The van der Waals surface area contributed by atoms with E-state index >= 15 is 0 Å². The van der Waals surface area contributed by atoms with Crippen LogP contribution in [-0.2, 0) is 14.3 Å². The fraction of sp³-hybridized carbons (Fsp3) is 0.833. The maximum absolute atomic E-state index is 11.8. The lowest BCUT2D eigenvalue weighted by molar-refractivity contribution is -0.160. The van der Waals surface area contributed by atoms with Crippen LogP contribution in [0.15, 0.2) is 0 Å². The van der Waals surface area contributed by atoms with E-state index in [-0.39, 0.29) is 13.2 Å². The first kappa shape index (κ1) is 14.0. The molecule has 0 aromatic heterocycles. The number of carboxylic acids is 1. The van der Waals surface area contributed by atoms with Crippen molar-refractivity contribution >= 4 is 11.9 Å². The van der Waals surface area contributed by atoms with Gasteiger partial charge in [-0.2, -0.15) is 0 Å². The average molecular weight is 244 g/mol. The van der Waals surface area contributed by atoms with Crippen molar-refractivity contribution in [3.8, 4) is 0 Å². The fourth-order valence-corrected chi connectivity index (χ4v) is 2.54. The van der Waals surface area contributed by atoms with Crippen LogP contribution in [0.3, 0.4) is 0 Å². The van der Waals surface area contributed by atoms with Crippen LogP contribution in [0.2, 0.25) is 0 Å². The maximum atomic E-state index is 11.8. The number of esters is 1. The van der Waals surface area contributed by atoms with Crippen molar-refractivity contribution < 1.29 is 24.5 Å². The van der Waals surface area contributed by atoms with Gasteiger partial charge in [-0.1, -0.05) is 13.8 Å². The number of ether oxygens (including phenoxy) is 1. The molecule has 0 aliphatic heterocycles. The summed E-state index contributed by atoms with van der Waals surface area (Å²) in [6.45, 7) is 5.01. The quantitative estimate of drug-likeness (QED) is 0.722. The molecule has 0 aromatic carbocycles. The van der Waals surface area contributed by atoms with E-state index in [0.717, 1.165) is 0 Å². The zero-order valence-electron chi connectivity index (χ0n) is 10.5. The molecule has 1 aliphatic carbocycles. The van der Waals surface area contributed by atoms with Crippen molar-refractivity contribution in [2.24, 2.45) is 16.7 Å². The summed E-state index contributed by atoms with van der Waals surface area (Å²) in [5, 5.41) is 17.9. The lowest BCUT2D eigenvalue weighted by Crippen LogP contribution is -2.43. The molecule has 98 valence electrons. The van der Waals surface area contributed by atoms with Gasteiger partial charge < -0.3 is 14.9 Å². The van der Waals surface area contributed by atoms with Crippen molar-refractivity contribution in [3.05, 3.63) is 0 Å². The van der Waals surface area contributed by atoms with E-state index in [1.807, 2.05) is 0 Å². The highest BCUT2D eigenvalue weighted by Crippen LogP contribution is 2.56. The van der Waals surface area contributed by atoms with E-state index < -0.39 is 28.7 Å². The third-order valence-electron chi connectivity index (χ3n) is 4.32. The highest BCUT2D eigenvalue weighted by molar-refractivity contribution is 5.80. The van der Waals surface area contributed by atoms with Crippen molar-refractivity contribution in [1.29, 1.82) is 0 Å². The number of hydrogen-bond acceptors (Lipinski definition) is 4. The van der Waals surface area contributed by atoms with Crippen molar-refractivity contribution in [2.75, 3.05) is 13.2 Å². The van der Waals surface area contributed by atoms with Gasteiger partial charge in [0, 0.05) is 0 Å². The minimum atomic E-state index is -0.907. The molecule has 17 heavy (non-hydrogen) atoms. The Balaban J connectivity index is 2.86. The molecule has 1 rings (SSSR count). The largest absolute Gasteiger partial charge is 0.481 e. The first-order valence-electron chi connectivity index (χ1n) is 5.78. The topological polar surface area (TPSA) is 83.8 Å². The number of aliphatic hydroxyl groups excluding tert-OH is 1. The summed E-state index contributed by atoms with van der Waals surface area (Å²) in [6, 6.07) is 0. The molecule has 0 heterocycles. The van der Waals surface area contributed by atoms with Crippen LogP contribution in [0.4, 0.5) is 0 Å². The Morgan fingerprint density at radius 3 is 2.35 bits per heavy atom. The van der Waals surface area contributed by atoms with Crippen molar-refractivity contribution in [1.82, 2.24) is 0 Å². The summed E-state index contributed by atoms with van der Waals surface area (Å²) in [6.07, 6.45) is 0.980. The van der Waals surface area contributed by atoms with Gasteiger partial charge in [-0.3, -0.25) is 9.59 Å². The van der Waals surface area contributed by atoms with Gasteiger partial charge in [0.25, 0.3) is 0 Å². The lowest BCUT2D eigenvalue weighted by Gasteiger charge is -2.37. The summed E-state index contributed by atoms with van der Waals surface area (Å²) in [4.78, 5) is 23.1. The summed E-state index contributed by atoms with van der Waals surface area (Å²) in [7, 11) is 0. The molecule has 5 nitrogen and oxygen atoms in total. The van der Waals surface area contributed by atoms with Crippen LogP contribution in [0.5, 0.6) is 0 Å². The summed E-state index contributed by atoms with van der Waals surface area (Å²) in [5.41, 5.74) is -1.55.